The molecule has 0 fully saturated rings. The molecule has 155 valence electrons. The Morgan fingerprint density at radius 2 is 0.400 bits per heavy atom. The predicted octanol–water partition coefficient (Wildman–Crippen LogP) is -11.9. The number of aliphatic carboxylic acids is 6. The van der Waals surface area contributed by atoms with Crippen LogP contribution in [0.3, 0.4) is 0 Å². The summed E-state index contributed by atoms with van der Waals surface area (Å²) < 4.78 is 0. The van der Waals surface area contributed by atoms with E-state index in [1.807, 2.05) is 0 Å². The quantitative estimate of drug-likeness (QED) is 0.239. The molecule has 18 N–H and O–H groups in total. The van der Waals surface area contributed by atoms with E-state index in [0.717, 1.165) is 0 Å². The fraction of sp³-hybridized carbons (Fsp3) is 0. The monoisotopic (exact) mass is 428 g/mol. The fourth-order valence-corrected chi connectivity index (χ4v) is 0. The zero-order chi connectivity index (χ0) is 15.5. The standard InChI is InChI=1S/3C2H2O4.Fe.3H3N.3H2O/c3*3-1(4)2(5)6;;;;;;;/h3*(H,3,4)(H,5,6);;3*1H3;3*1H2/q;;;+3;;;;;;/p-3. The maximum absolute atomic E-state index is 8.93. The van der Waals surface area contributed by atoms with Crippen molar-refractivity contribution >= 4 is 35.8 Å². The Morgan fingerprint density at radius 3 is 0.400 bits per heavy atom. The number of hydrogen-bond acceptors (Lipinski definition) is 12. The summed E-state index contributed by atoms with van der Waals surface area (Å²) in [5.74, 6) is -13.1. The van der Waals surface area contributed by atoms with Crippen molar-refractivity contribution in [3.63, 3.8) is 0 Å². The van der Waals surface area contributed by atoms with E-state index in [1.165, 1.54) is 0 Å². The van der Waals surface area contributed by atoms with Crippen molar-refractivity contribution in [3.05, 3.63) is 0 Å². The number of carbonyl (C=O) groups is 6. The third-order valence-corrected chi connectivity index (χ3v) is 0.500. The Morgan fingerprint density at radius 1 is 0.360 bits per heavy atom. The molecule has 0 saturated heterocycles. The van der Waals surface area contributed by atoms with E-state index in [1.54, 1.807) is 0 Å². The number of carboxylic acids is 6. The first-order valence-corrected chi connectivity index (χ1v) is 3.20. The Balaban J connectivity index is -0.0000000148. The zero-order valence-electron chi connectivity index (χ0n) is 12.8. The van der Waals surface area contributed by atoms with E-state index >= 15 is 0 Å². The van der Waals surface area contributed by atoms with Crippen molar-refractivity contribution in [2.24, 2.45) is 0 Å². The first-order valence-electron chi connectivity index (χ1n) is 3.20. The second-order valence-electron chi connectivity index (χ2n) is 1.72. The molecule has 0 heterocycles. The van der Waals surface area contributed by atoms with Crippen LogP contribution in [-0.4, -0.2) is 52.2 Å². The van der Waals surface area contributed by atoms with E-state index in [0.29, 0.717) is 0 Å². The fourth-order valence-electron chi connectivity index (χ4n) is 0. The summed E-state index contributed by atoms with van der Waals surface area (Å²) in [6.07, 6.45) is 0. The Kier molecular flexibility index (Phi) is 101. The molecule has 19 heteroatoms. The van der Waals surface area contributed by atoms with Crippen LogP contribution in [0.25, 0.3) is 0 Å². The summed E-state index contributed by atoms with van der Waals surface area (Å²) in [6, 6.07) is 0. The van der Waals surface area contributed by atoms with Crippen LogP contribution in [0, 0.1) is 0 Å². The SMILES string of the molecule is O.O.O.O=C([O-])C(=O)[O-].O=C([O-])C(=O)[O-].O=C([O-])C(=O)[O-].[Fe+3].[NH4+].[NH4+].[NH4+]. The van der Waals surface area contributed by atoms with E-state index in [4.69, 9.17) is 59.4 Å². The second kappa shape index (κ2) is 37.4. The van der Waals surface area contributed by atoms with Crippen molar-refractivity contribution in [1.29, 1.82) is 0 Å². The van der Waals surface area contributed by atoms with Gasteiger partial charge in [0.15, 0.2) is 0 Å². The molecule has 0 aliphatic rings. The van der Waals surface area contributed by atoms with Crippen molar-refractivity contribution in [3.8, 4) is 0 Å². The second-order valence-corrected chi connectivity index (χ2v) is 1.72. The van der Waals surface area contributed by atoms with E-state index < -0.39 is 35.8 Å². The molecule has 0 atom stereocenters. The van der Waals surface area contributed by atoms with Crippen LogP contribution in [0.1, 0.15) is 0 Å². The molecule has 0 amide bonds. The maximum atomic E-state index is 8.93. The zero-order valence-corrected chi connectivity index (χ0v) is 13.9. The first kappa shape index (κ1) is 67.2. The average Bonchev–Trinajstić information content (AvgIpc) is 2.18. The van der Waals surface area contributed by atoms with Gasteiger partial charge >= 0.3 is 17.1 Å². The summed E-state index contributed by atoms with van der Waals surface area (Å²) in [6.45, 7) is 0. The molecule has 0 bridgehead atoms. The summed E-state index contributed by atoms with van der Waals surface area (Å²) in [5.41, 5.74) is 0. The van der Waals surface area contributed by atoms with Crippen LogP contribution in [0.15, 0.2) is 0 Å². The number of carboxylic acid groups (broad SMARTS) is 6. The van der Waals surface area contributed by atoms with Crippen LogP contribution in [-0.2, 0) is 45.8 Å². The Hall–Kier alpha value is -2.90. The van der Waals surface area contributed by atoms with Crippen LogP contribution in [0.2, 0.25) is 0 Å². The Bertz CT molecular complexity index is 292. The van der Waals surface area contributed by atoms with Crippen LogP contribution < -0.4 is 49.1 Å². The van der Waals surface area contributed by atoms with Crippen molar-refractivity contribution < 1.29 is 92.9 Å². The van der Waals surface area contributed by atoms with Gasteiger partial charge in [0.2, 0.25) is 0 Å². The third kappa shape index (κ3) is 93.0. The topological polar surface area (TPSA) is 445 Å². The van der Waals surface area contributed by atoms with Gasteiger partial charge in [-0.15, -0.1) is 0 Å². The van der Waals surface area contributed by atoms with Gasteiger partial charge in [0.1, 0.15) is 0 Å². The summed E-state index contributed by atoms with van der Waals surface area (Å²) in [4.78, 5) is 53.6. The van der Waals surface area contributed by atoms with Gasteiger partial charge < -0.3 is 94.3 Å². The third-order valence-electron chi connectivity index (χ3n) is 0.500. The van der Waals surface area contributed by atoms with Crippen LogP contribution in [0.4, 0.5) is 0 Å². The number of quaternary nitrogens is 3. The molecule has 0 aliphatic heterocycles. The smallest absolute Gasteiger partial charge is 0.543 e. The minimum absolute atomic E-state index is 0. The van der Waals surface area contributed by atoms with Gasteiger partial charge in [-0.25, -0.2) is 0 Å². The van der Waals surface area contributed by atoms with Crippen LogP contribution >= 0.6 is 0 Å². The predicted molar refractivity (Wildman–Crippen MR) is 58.8 cm³/mol. The molecule has 0 rings (SSSR count). The molecule has 0 unspecified atom stereocenters. The molecule has 18 nitrogen and oxygen atoms in total. The molecule has 25 heavy (non-hydrogen) atoms. The van der Waals surface area contributed by atoms with Gasteiger partial charge in [-0.2, -0.15) is 0 Å². The van der Waals surface area contributed by atoms with Gasteiger partial charge in [0.05, 0.1) is 35.8 Å². The normalized spacial score (nSPS) is 5.28. The minimum Gasteiger partial charge on any atom is -0.543 e. The molecule has 1 radical (unpaired) electrons. The van der Waals surface area contributed by atoms with Gasteiger partial charge in [0, 0.05) is 0 Å². The molecule has 0 aliphatic carbocycles. The van der Waals surface area contributed by atoms with Gasteiger partial charge in [-0.3, -0.25) is 0 Å². The van der Waals surface area contributed by atoms with Crippen molar-refractivity contribution in [2.45, 2.75) is 0 Å². The molecule has 0 saturated carbocycles. The maximum Gasteiger partial charge on any atom is 3.00 e. The summed E-state index contributed by atoms with van der Waals surface area (Å²) in [5, 5.41) is 53.6. The molecular formula is C6H18FeN3O15. The molecule has 0 spiro atoms. The minimum atomic E-state index is -2.19. The number of carbonyl (C=O) groups excluding carboxylic acids is 6. The van der Waals surface area contributed by atoms with Gasteiger partial charge in [-0.1, -0.05) is 0 Å². The van der Waals surface area contributed by atoms with Gasteiger partial charge in [0.25, 0.3) is 0 Å². The largest absolute Gasteiger partial charge is 3.00 e. The van der Waals surface area contributed by atoms with Gasteiger partial charge in [-0.05, 0) is 0 Å². The van der Waals surface area contributed by atoms with E-state index in [2.05, 4.69) is 0 Å². The number of hydrogen-bond donors (Lipinski definition) is 3. The van der Waals surface area contributed by atoms with E-state index in [-0.39, 0.29) is 51.9 Å². The molecule has 0 aromatic carbocycles. The summed E-state index contributed by atoms with van der Waals surface area (Å²) in [7, 11) is 0. The van der Waals surface area contributed by atoms with Crippen molar-refractivity contribution in [2.75, 3.05) is 0 Å². The average molecular weight is 428 g/mol. The first-order chi connectivity index (χ1) is 7.93. The van der Waals surface area contributed by atoms with Crippen LogP contribution in [0.5, 0.6) is 0 Å². The molecular weight excluding hydrogens is 410 g/mol. The van der Waals surface area contributed by atoms with Crippen molar-refractivity contribution in [1.82, 2.24) is 18.5 Å². The molecule has 0 aromatic rings. The summed E-state index contributed by atoms with van der Waals surface area (Å²) >= 11 is 0. The van der Waals surface area contributed by atoms with E-state index in [9.17, 15) is 0 Å². The molecule has 0 aromatic heterocycles. The Labute approximate surface area is 148 Å². The number of rotatable bonds is 0.